The zero-order valence-corrected chi connectivity index (χ0v) is 12.4. The molecule has 0 aliphatic rings. The van der Waals surface area contributed by atoms with E-state index in [-0.39, 0.29) is 5.38 Å². The van der Waals surface area contributed by atoms with Gasteiger partial charge in [0.15, 0.2) is 0 Å². The maximum absolute atomic E-state index is 6.44. The average molecular weight is 336 g/mol. The summed E-state index contributed by atoms with van der Waals surface area (Å²) >= 11 is 17.6. The fourth-order valence-corrected chi connectivity index (χ4v) is 3.72. The van der Waals surface area contributed by atoms with Gasteiger partial charge in [0.2, 0.25) is 0 Å². The van der Waals surface area contributed by atoms with Crippen molar-refractivity contribution in [3.05, 3.63) is 55.1 Å². The van der Waals surface area contributed by atoms with Gasteiger partial charge in [-0.1, -0.05) is 23.7 Å². The smallest absolute Gasteiger partial charge is 0.0939 e. The number of rotatable bonds is 2. The molecule has 0 aliphatic heterocycles. The second-order valence-corrected chi connectivity index (χ2v) is 6.15. The zero-order valence-electron chi connectivity index (χ0n) is 8.51. The molecule has 2 rings (SSSR count). The zero-order chi connectivity index (χ0) is 11.7. The van der Waals surface area contributed by atoms with E-state index in [1.165, 1.54) is 0 Å². The normalized spacial score (nSPS) is 12.8. The van der Waals surface area contributed by atoms with Crippen LogP contribution < -0.4 is 0 Å². The predicted octanol–water partition coefficient (Wildman–Crippen LogP) is 5.80. The summed E-state index contributed by atoms with van der Waals surface area (Å²) in [6, 6.07) is 7.91. The van der Waals surface area contributed by atoms with Crippen LogP contribution in [0.1, 0.15) is 21.4 Å². The third-order valence-electron chi connectivity index (χ3n) is 2.35. The van der Waals surface area contributed by atoms with Gasteiger partial charge in [0.1, 0.15) is 0 Å². The lowest BCUT2D eigenvalue weighted by molar-refractivity contribution is 1.16. The minimum Gasteiger partial charge on any atom is -0.146 e. The average Bonchev–Trinajstić information content (AvgIpc) is 2.67. The second kappa shape index (κ2) is 5.09. The molecule has 1 aromatic carbocycles. The van der Waals surface area contributed by atoms with Crippen LogP contribution in [0, 0.1) is 6.92 Å². The van der Waals surface area contributed by atoms with E-state index in [1.807, 2.05) is 36.6 Å². The summed E-state index contributed by atoms with van der Waals surface area (Å²) in [6.45, 7) is 1.99. The lowest BCUT2D eigenvalue weighted by Gasteiger charge is -2.10. The van der Waals surface area contributed by atoms with E-state index >= 15 is 0 Å². The van der Waals surface area contributed by atoms with Crippen LogP contribution in [-0.4, -0.2) is 0 Å². The number of thiophene rings is 1. The highest BCUT2D eigenvalue weighted by Crippen LogP contribution is 2.38. The molecule has 84 valence electrons. The Morgan fingerprint density at radius 1 is 1.31 bits per heavy atom. The lowest BCUT2D eigenvalue weighted by Crippen LogP contribution is -1.92. The van der Waals surface area contributed by atoms with E-state index in [0.29, 0.717) is 0 Å². The van der Waals surface area contributed by atoms with Crippen molar-refractivity contribution in [2.75, 3.05) is 0 Å². The van der Waals surface area contributed by atoms with Crippen LogP contribution >= 0.6 is 50.5 Å². The van der Waals surface area contributed by atoms with E-state index in [1.54, 1.807) is 11.3 Å². The Bertz CT molecular complexity index is 507. The summed E-state index contributed by atoms with van der Waals surface area (Å²) in [5.74, 6) is 0. The molecule has 0 saturated heterocycles. The van der Waals surface area contributed by atoms with E-state index in [0.717, 1.165) is 25.5 Å². The van der Waals surface area contributed by atoms with Crippen molar-refractivity contribution in [3.8, 4) is 0 Å². The first kappa shape index (κ1) is 12.4. The highest BCUT2D eigenvalue weighted by molar-refractivity contribution is 9.10. The Hall–Kier alpha value is -0.0200. The number of hydrogen-bond donors (Lipinski definition) is 0. The number of benzene rings is 1. The van der Waals surface area contributed by atoms with Crippen LogP contribution in [0.4, 0.5) is 0 Å². The monoisotopic (exact) mass is 334 g/mol. The molecule has 0 bridgehead atoms. The fraction of sp³-hybridized carbons (Fsp3) is 0.167. The van der Waals surface area contributed by atoms with Crippen LogP contribution in [0.25, 0.3) is 0 Å². The molecule has 4 heteroatoms. The Balaban J connectivity index is 2.38. The number of hydrogen-bond acceptors (Lipinski definition) is 1. The van der Waals surface area contributed by atoms with Gasteiger partial charge in [0.05, 0.1) is 5.38 Å². The first-order valence-electron chi connectivity index (χ1n) is 4.72. The van der Waals surface area contributed by atoms with Crippen molar-refractivity contribution >= 4 is 50.5 Å². The molecule has 1 heterocycles. The molecule has 0 N–H and O–H groups in total. The van der Waals surface area contributed by atoms with Gasteiger partial charge in [-0.15, -0.1) is 22.9 Å². The van der Waals surface area contributed by atoms with Crippen molar-refractivity contribution < 1.29 is 0 Å². The lowest BCUT2D eigenvalue weighted by atomic mass is 10.1. The summed E-state index contributed by atoms with van der Waals surface area (Å²) in [4.78, 5) is 1.13. The highest BCUT2D eigenvalue weighted by Gasteiger charge is 2.15. The summed E-state index contributed by atoms with van der Waals surface area (Å²) in [5, 5.41) is 2.68. The highest BCUT2D eigenvalue weighted by atomic mass is 79.9. The summed E-state index contributed by atoms with van der Waals surface area (Å²) in [7, 11) is 0. The summed E-state index contributed by atoms with van der Waals surface area (Å²) in [6.07, 6.45) is 0. The van der Waals surface area contributed by atoms with Gasteiger partial charge in [0.25, 0.3) is 0 Å². The van der Waals surface area contributed by atoms with Crippen LogP contribution in [0.3, 0.4) is 0 Å². The first-order valence-corrected chi connectivity index (χ1v) is 7.21. The molecule has 0 aliphatic carbocycles. The molecule has 1 unspecified atom stereocenters. The molecule has 0 saturated carbocycles. The van der Waals surface area contributed by atoms with Gasteiger partial charge >= 0.3 is 0 Å². The van der Waals surface area contributed by atoms with Crippen molar-refractivity contribution in [1.29, 1.82) is 0 Å². The molecule has 0 amide bonds. The number of aryl methyl sites for hydroxylation is 1. The second-order valence-electron chi connectivity index (χ2n) is 3.50. The van der Waals surface area contributed by atoms with Gasteiger partial charge in [-0.3, -0.25) is 0 Å². The van der Waals surface area contributed by atoms with Crippen LogP contribution in [0.2, 0.25) is 5.02 Å². The molecule has 16 heavy (non-hydrogen) atoms. The van der Waals surface area contributed by atoms with Crippen molar-refractivity contribution in [1.82, 2.24) is 0 Å². The topological polar surface area (TPSA) is 0 Å². The van der Waals surface area contributed by atoms with Gasteiger partial charge in [-0.05, 0) is 51.5 Å². The quantitative estimate of drug-likeness (QED) is 0.608. The standard InChI is InChI=1S/C12H9BrCl2S/c1-7-6-8(2-3-10(7)14)11(15)12-9(13)4-5-16-12/h2-6,11H,1H3. The fourth-order valence-electron chi connectivity index (χ4n) is 1.46. The van der Waals surface area contributed by atoms with Crippen molar-refractivity contribution in [2.45, 2.75) is 12.3 Å². The van der Waals surface area contributed by atoms with Crippen LogP contribution in [-0.2, 0) is 0 Å². The molecule has 0 fully saturated rings. The maximum atomic E-state index is 6.44. The van der Waals surface area contributed by atoms with E-state index < -0.39 is 0 Å². The Morgan fingerprint density at radius 2 is 2.06 bits per heavy atom. The van der Waals surface area contributed by atoms with E-state index in [4.69, 9.17) is 23.2 Å². The molecule has 2 aromatic rings. The number of halogens is 3. The Morgan fingerprint density at radius 3 is 2.62 bits per heavy atom. The van der Waals surface area contributed by atoms with Crippen LogP contribution in [0.5, 0.6) is 0 Å². The summed E-state index contributed by atoms with van der Waals surface area (Å²) in [5.41, 5.74) is 2.13. The van der Waals surface area contributed by atoms with Gasteiger partial charge in [-0.2, -0.15) is 0 Å². The third kappa shape index (κ3) is 2.45. The van der Waals surface area contributed by atoms with Crippen molar-refractivity contribution in [3.63, 3.8) is 0 Å². The Kier molecular flexibility index (Phi) is 3.96. The van der Waals surface area contributed by atoms with Gasteiger partial charge in [-0.25, -0.2) is 0 Å². The minimum absolute atomic E-state index is 0.120. The summed E-state index contributed by atoms with van der Waals surface area (Å²) < 4.78 is 1.06. The minimum atomic E-state index is -0.120. The first-order chi connectivity index (χ1) is 7.59. The van der Waals surface area contributed by atoms with Gasteiger partial charge < -0.3 is 0 Å². The Labute approximate surface area is 117 Å². The van der Waals surface area contributed by atoms with Crippen LogP contribution in [0.15, 0.2) is 34.1 Å². The third-order valence-corrected chi connectivity index (χ3v) is 5.31. The maximum Gasteiger partial charge on any atom is 0.0939 e. The molecular weight excluding hydrogens is 327 g/mol. The SMILES string of the molecule is Cc1cc(C(Cl)c2sccc2Br)ccc1Cl. The predicted molar refractivity (Wildman–Crippen MR) is 75.9 cm³/mol. The van der Waals surface area contributed by atoms with Gasteiger partial charge in [0, 0.05) is 14.4 Å². The number of alkyl halides is 1. The van der Waals surface area contributed by atoms with E-state index in [2.05, 4.69) is 15.9 Å². The molecule has 0 nitrogen and oxygen atoms in total. The molecule has 0 radical (unpaired) electrons. The molecular formula is C12H9BrCl2S. The molecule has 0 spiro atoms. The van der Waals surface area contributed by atoms with Crippen molar-refractivity contribution in [2.24, 2.45) is 0 Å². The molecule has 1 atom stereocenters. The molecule has 1 aromatic heterocycles. The largest absolute Gasteiger partial charge is 0.146 e. The van der Waals surface area contributed by atoms with E-state index in [9.17, 15) is 0 Å².